The Balaban J connectivity index is 1.88. The van der Waals surface area contributed by atoms with Crippen molar-refractivity contribution >= 4 is 17.8 Å². The molecule has 4 rings (SSSR count). The van der Waals surface area contributed by atoms with Crippen LogP contribution in [-0.2, 0) is 9.53 Å². The molecule has 5 heteroatoms. The molecular weight excluding hydrogens is 282 g/mol. The number of carbonyl (C=O) groups excluding carboxylic acids is 1. The zero-order valence-corrected chi connectivity index (χ0v) is 13.6. The first-order valence-electron chi connectivity index (χ1n) is 8.22. The highest BCUT2D eigenvalue weighted by molar-refractivity contribution is 6.39. The number of amides is 1. The molecule has 1 N–H and O–H groups in total. The van der Waals surface area contributed by atoms with Crippen LogP contribution in [-0.4, -0.2) is 28.5 Å². The number of carboxylic acids is 1. The van der Waals surface area contributed by atoms with E-state index >= 15 is 0 Å². The lowest BCUT2D eigenvalue weighted by molar-refractivity contribution is -0.131. The van der Waals surface area contributed by atoms with Gasteiger partial charge in [0.2, 0.25) is 0 Å². The Bertz CT molecular complexity index is 494. The first kappa shape index (κ1) is 15.5. The van der Waals surface area contributed by atoms with Crippen molar-refractivity contribution in [2.75, 3.05) is 0 Å². The molecule has 0 aromatic heterocycles. The topological polar surface area (TPSA) is 76.0 Å². The minimum Gasteiger partial charge on any atom is -0.477 e. The Hall–Kier alpha value is -1.39. The van der Waals surface area contributed by atoms with Gasteiger partial charge in [-0.15, -0.1) is 0 Å². The SMILES string of the molecule is CC(C)(C)OC(=O)N=C(C(=O)O)C12CC3CC(CC(C3)C1)C2. The van der Waals surface area contributed by atoms with Gasteiger partial charge in [-0.1, -0.05) is 0 Å². The molecule has 0 unspecified atom stereocenters. The molecule has 0 radical (unpaired) electrons. The molecule has 4 saturated carbocycles. The standard InChI is InChI=1S/C17H25NO4/c1-16(2,3)22-15(21)18-13(14(19)20)17-7-10-4-11(8-17)6-12(5-10)9-17/h10-12H,4-9H2,1-3H3,(H,19,20). The van der Waals surface area contributed by atoms with E-state index in [9.17, 15) is 14.7 Å². The number of ether oxygens (including phenoxy) is 1. The summed E-state index contributed by atoms with van der Waals surface area (Å²) in [6.07, 6.45) is 5.49. The Kier molecular flexibility index (Phi) is 3.57. The fraction of sp³-hybridized carbons (Fsp3) is 0.824. The van der Waals surface area contributed by atoms with Gasteiger partial charge in [-0.25, -0.2) is 9.59 Å². The smallest absolute Gasteiger partial charge is 0.434 e. The third kappa shape index (κ3) is 2.90. The lowest BCUT2D eigenvalue weighted by atomic mass is 9.48. The molecule has 0 spiro atoms. The molecule has 0 atom stereocenters. The minimum absolute atomic E-state index is 0.0425. The van der Waals surface area contributed by atoms with Gasteiger partial charge in [0, 0.05) is 5.41 Å². The predicted octanol–water partition coefficient (Wildman–Crippen LogP) is 3.66. The van der Waals surface area contributed by atoms with Crippen LogP contribution in [0.15, 0.2) is 4.99 Å². The molecule has 5 nitrogen and oxygen atoms in total. The fourth-order valence-corrected chi connectivity index (χ4v) is 5.17. The highest BCUT2D eigenvalue weighted by Gasteiger charge is 2.55. The normalized spacial score (nSPS) is 37.2. The van der Waals surface area contributed by atoms with Crippen LogP contribution in [0.25, 0.3) is 0 Å². The number of carboxylic acid groups (broad SMARTS) is 1. The van der Waals surface area contributed by atoms with E-state index in [-0.39, 0.29) is 5.71 Å². The van der Waals surface area contributed by atoms with Gasteiger partial charge in [0.15, 0.2) is 0 Å². The molecule has 22 heavy (non-hydrogen) atoms. The molecular formula is C17H25NO4. The van der Waals surface area contributed by atoms with E-state index < -0.39 is 23.1 Å². The number of hydrogen-bond acceptors (Lipinski definition) is 3. The molecule has 4 fully saturated rings. The maximum absolute atomic E-state index is 12.0. The summed E-state index contributed by atoms with van der Waals surface area (Å²) in [5.74, 6) is 0.756. The van der Waals surface area contributed by atoms with E-state index in [1.807, 2.05) is 0 Å². The number of hydrogen-bond donors (Lipinski definition) is 1. The number of carbonyl (C=O) groups is 2. The second kappa shape index (κ2) is 5.07. The average Bonchev–Trinajstić information content (AvgIpc) is 2.31. The van der Waals surface area contributed by atoms with E-state index in [2.05, 4.69) is 4.99 Å². The second-order valence-electron chi connectivity index (χ2n) is 8.44. The van der Waals surface area contributed by atoms with Crippen LogP contribution in [0.5, 0.6) is 0 Å². The third-order valence-corrected chi connectivity index (χ3v) is 5.34. The number of rotatable bonds is 2. The first-order valence-corrected chi connectivity index (χ1v) is 8.22. The quantitative estimate of drug-likeness (QED) is 0.790. The average molecular weight is 307 g/mol. The Morgan fingerprint density at radius 1 is 1.05 bits per heavy atom. The molecule has 4 aliphatic rings. The van der Waals surface area contributed by atoms with Gasteiger partial charge in [-0.05, 0) is 77.0 Å². The summed E-state index contributed by atoms with van der Waals surface area (Å²) in [6, 6.07) is 0. The van der Waals surface area contributed by atoms with Crippen LogP contribution < -0.4 is 0 Å². The molecule has 0 heterocycles. The highest BCUT2D eigenvalue weighted by atomic mass is 16.6. The zero-order valence-electron chi connectivity index (χ0n) is 13.6. The Morgan fingerprint density at radius 2 is 1.50 bits per heavy atom. The molecule has 0 aromatic rings. The van der Waals surface area contributed by atoms with Crippen LogP contribution in [0.3, 0.4) is 0 Å². The number of aliphatic carboxylic acids is 1. The monoisotopic (exact) mass is 307 g/mol. The van der Waals surface area contributed by atoms with E-state index in [1.165, 1.54) is 19.3 Å². The van der Waals surface area contributed by atoms with Gasteiger partial charge < -0.3 is 9.84 Å². The fourth-order valence-electron chi connectivity index (χ4n) is 5.17. The van der Waals surface area contributed by atoms with Gasteiger partial charge in [0.05, 0.1) is 0 Å². The first-order chi connectivity index (χ1) is 10.2. The van der Waals surface area contributed by atoms with Crippen molar-refractivity contribution in [1.82, 2.24) is 0 Å². The van der Waals surface area contributed by atoms with Gasteiger partial charge in [0.1, 0.15) is 11.3 Å². The maximum Gasteiger partial charge on any atom is 0.434 e. The van der Waals surface area contributed by atoms with Crippen molar-refractivity contribution < 1.29 is 19.4 Å². The van der Waals surface area contributed by atoms with Crippen molar-refractivity contribution in [3.05, 3.63) is 0 Å². The molecule has 122 valence electrons. The van der Waals surface area contributed by atoms with Crippen LogP contribution in [0.1, 0.15) is 59.3 Å². The largest absolute Gasteiger partial charge is 0.477 e. The summed E-state index contributed by atoms with van der Waals surface area (Å²) < 4.78 is 5.19. The molecule has 0 aliphatic heterocycles. The van der Waals surface area contributed by atoms with Gasteiger partial charge in [-0.3, -0.25) is 0 Å². The molecule has 1 amide bonds. The lowest BCUT2D eigenvalue weighted by Crippen LogP contribution is -2.52. The van der Waals surface area contributed by atoms with Crippen molar-refractivity contribution in [1.29, 1.82) is 0 Å². The van der Waals surface area contributed by atoms with Gasteiger partial charge in [-0.2, -0.15) is 4.99 Å². The summed E-state index contributed by atoms with van der Waals surface area (Å²) in [5, 5.41) is 9.64. The summed E-state index contributed by atoms with van der Waals surface area (Å²) >= 11 is 0. The molecule has 4 bridgehead atoms. The predicted molar refractivity (Wildman–Crippen MR) is 81.9 cm³/mol. The lowest BCUT2D eigenvalue weighted by Gasteiger charge is -2.56. The van der Waals surface area contributed by atoms with Gasteiger partial charge in [0.25, 0.3) is 0 Å². The van der Waals surface area contributed by atoms with Gasteiger partial charge >= 0.3 is 12.1 Å². The maximum atomic E-state index is 12.0. The summed E-state index contributed by atoms with van der Waals surface area (Å²) in [7, 11) is 0. The van der Waals surface area contributed by atoms with Crippen molar-refractivity contribution in [2.45, 2.75) is 64.9 Å². The van der Waals surface area contributed by atoms with Crippen LogP contribution in [0, 0.1) is 23.2 Å². The Morgan fingerprint density at radius 3 is 1.86 bits per heavy atom. The van der Waals surface area contributed by atoms with Crippen molar-refractivity contribution in [2.24, 2.45) is 28.2 Å². The molecule has 0 aromatic carbocycles. The van der Waals surface area contributed by atoms with Crippen molar-refractivity contribution in [3.63, 3.8) is 0 Å². The second-order valence-corrected chi connectivity index (χ2v) is 8.44. The summed E-state index contributed by atoms with van der Waals surface area (Å²) in [6.45, 7) is 5.27. The third-order valence-electron chi connectivity index (χ3n) is 5.34. The summed E-state index contributed by atoms with van der Waals surface area (Å²) in [4.78, 5) is 27.7. The highest BCUT2D eigenvalue weighted by Crippen LogP contribution is 2.60. The van der Waals surface area contributed by atoms with Crippen LogP contribution in [0.4, 0.5) is 4.79 Å². The minimum atomic E-state index is -1.06. The summed E-state index contributed by atoms with van der Waals surface area (Å²) in [5.41, 5.74) is -1.02. The molecule has 0 saturated heterocycles. The van der Waals surface area contributed by atoms with E-state index in [4.69, 9.17) is 4.74 Å². The Labute approximate surface area is 131 Å². The molecule has 4 aliphatic carbocycles. The van der Waals surface area contributed by atoms with Crippen LogP contribution in [0.2, 0.25) is 0 Å². The van der Waals surface area contributed by atoms with Crippen LogP contribution >= 0.6 is 0 Å². The number of nitrogens with zero attached hydrogens (tertiary/aromatic N) is 1. The van der Waals surface area contributed by atoms with E-state index in [1.54, 1.807) is 20.8 Å². The zero-order chi connectivity index (χ0) is 16.1. The van der Waals surface area contributed by atoms with E-state index in [0.29, 0.717) is 17.8 Å². The van der Waals surface area contributed by atoms with Crippen molar-refractivity contribution in [3.8, 4) is 0 Å². The van der Waals surface area contributed by atoms with E-state index in [0.717, 1.165) is 19.3 Å². The number of aliphatic imine (C=N–C) groups is 1.